The van der Waals surface area contributed by atoms with Crippen LogP contribution in [-0.2, 0) is 9.53 Å². The molecular weight excluding hydrogens is 326 g/mol. The smallest absolute Gasteiger partial charge is 0.305 e. The number of carbonyl (C=O) groups excluding carboxylic acids is 1. The van der Waals surface area contributed by atoms with E-state index in [4.69, 9.17) is 9.84 Å². The number of aromatic nitrogens is 2. The van der Waals surface area contributed by atoms with Gasteiger partial charge in [-0.1, -0.05) is 0 Å². The average Bonchev–Trinajstić information content (AvgIpc) is 2.54. The van der Waals surface area contributed by atoms with Crippen LogP contribution in [0.5, 0.6) is 0 Å². The lowest BCUT2D eigenvalue weighted by Crippen LogP contribution is -2.54. The molecule has 132 valence electrons. The Morgan fingerprint density at radius 1 is 1.40 bits per heavy atom. The lowest BCUT2D eigenvalue weighted by Gasteiger charge is -2.36. The van der Waals surface area contributed by atoms with Crippen LogP contribution in [0, 0.1) is 6.92 Å². The maximum atomic E-state index is 12.6. The maximum Gasteiger partial charge on any atom is 0.305 e. The molecule has 0 aliphatic carbocycles. The van der Waals surface area contributed by atoms with Crippen molar-refractivity contribution in [1.82, 2.24) is 14.7 Å². The molecule has 0 bridgehead atoms. The standard InChI is InChI=1S/C17H19N3O5/c1-11-2-5-20-13(8-11)18-10-12(16(20)24)15(23)19-17(9-14(21)22)3-6-25-7-4-17/h2,5,8,10H,3-4,6-7,9H2,1H3,(H,19,23)(H,21,22). The zero-order valence-electron chi connectivity index (χ0n) is 13.8. The van der Waals surface area contributed by atoms with E-state index in [-0.39, 0.29) is 12.0 Å². The number of ether oxygens (including phenoxy) is 1. The molecule has 2 N–H and O–H groups in total. The van der Waals surface area contributed by atoms with E-state index < -0.39 is 23.0 Å². The summed E-state index contributed by atoms with van der Waals surface area (Å²) >= 11 is 0. The predicted octanol–water partition coefficient (Wildman–Crippen LogP) is 0.757. The Morgan fingerprint density at radius 2 is 2.12 bits per heavy atom. The first-order chi connectivity index (χ1) is 11.9. The molecule has 0 radical (unpaired) electrons. The third-order valence-electron chi connectivity index (χ3n) is 4.43. The number of hydrogen-bond donors (Lipinski definition) is 2. The summed E-state index contributed by atoms with van der Waals surface area (Å²) in [6.45, 7) is 2.61. The highest BCUT2D eigenvalue weighted by atomic mass is 16.5. The predicted molar refractivity (Wildman–Crippen MR) is 88.7 cm³/mol. The number of carbonyl (C=O) groups is 2. The first-order valence-electron chi connectivity index (χ1n) is 8.00. The third-order valence-corrected chi connectivity index (χ3v) is 4.43. The second-order valence-corrected chi connectivity index (χ2v) is 6.33. The summed E-state index contributed by atoms with van der Waals surface area (Å²) in [6, 6.07) is 3.50. The first-order valence-corrected chi connectivity index (χ1v) is 8.00. The molecule has 1 aliphatic heterocycles. The fraction of sp³-hybridized carbons (Fsp3) is 0.412. The molecule has 1 aliphatic rings. The topological polar surface area (TPSA) is 110 Å². The van der Waals surface area contributed by atoms with Gasteiger partial charge in [-0.05, 0) is 37.5 Å². The Bertz CT molecular complexity index is 883. The summed E-state index contributed by atoms with van der Waals surface area (Å²) < 4.78 is 6.57. The maximum absolute atomic E-state index is 12.6. The number of amides is 1. The van der Waals surface area contributed by atoms with Crippen LogP contribution in [0.15, 0.2) is 29.3 Å². The van der Waals surface area contributed by atoms with Crippen LogP contribution in [0.25, 0.3) is 5.65 Å². The number of rotatable bonds is 4. The summed E-state index contributed by atoms with van der Waals surface area (Å²) in [6.07, 6.45) is 3.35. The van der Waals surface area contributed by atoms with E-state index in [0.29, 0.717) is 31.7 Å². The van der Waals surface area contributed by atoms with Crippen LogP contribution in [0.4, 0.5) is 0 Å². The minimum Gasteiger partial charge on any atom is -0.481 e. The highest BCUT2D eigenvalue weighted by molar-refractivity contribution is 5.94. The van der Waals surface area contributed by atoms with Crippen LogP contribution in [0.1, 0.15) is 35.2 Å². The SMILES string of the molecule is Cc1ccn2c(=O)c(C(=O)NC3(CC(=O)O)CCOCC3)cnc2c1. The summed E-state index contributed by atoms with van der Waals surface area (Å²) in [5.74, 6) is -1.62. The monoisotopic (exact) mass is 345 g/mol. The van der Waals surface area contributed by atoms with Gasteiger partial charge in [-0.2, -0.15) is 0 Å². The second-order valence-electron chi connectivity index (χ2n) is 6.33. The number of pyridine rings is 1. The van der Waals surface area contributed by atoms with Crippen LogP contribution >= 0.6 is 0 Å². The minimum absolute atomic E-state index is 0.113. The molecule has 8 nitrogen and oxygen atoms in total. The van der Waals surface area contributed by atoms with Crippen molar-refractivity contribution in [2.45, 2.75) is 31.7 Å². The number of fused-ring (bicyclic) bond motifs is 1. The molecule has 0 atom stereocenters. The zero-order valence-corrected chi connectivity index (χ0v) is 13.8. The zero-order chi connectivity index (χ0) is 18.0. The molecule has 0 saturated carbocycles. The second kappa shape index (κ2) is 6.64. The van der Waals surface area contributed by atoms with E-state index >= 15 is 0 Å². The van der Waals surface area contributed by atoms with Gasteiger partial charge in [0.05, 0.1) is 12.0 Å². The highest BCUT2D eigenvalue weighted by Gasteiger charge is 2.37. The summed E-state index contributed by atoms with van der Waals surface area (Å²) in [4.78, 5) is 40.6. The van der Waals surface area contributed by atoms with Crippen molar-refractivity contribution in [1.29, 1.82) is 0 Å². The molecule has 25 heavy (non-hydrogen) atoms. The molecule has 3 heterocycles. The number of aryl methyl sites for hydroxylation is 1. The Kier molecular flexibility index (Phi) is 4.54. The quantitative estimate of drug-likeness (QED) is 0.846. The van der Waals surface area contributed by atoms with E-state index in [0.717, 1.165) is 5.56 Å². The number of aliphatic carboxylic acids is 1. The van der Waals surface area contributed by atoms with Gasteiger partial charge in [0.25, 0.3) is 11.5 Å². The van der Waals surface area contributed by atoms with E-state index in [1.54, 1.807) is 18.3 Å². The van der Waals surface area contributed by atoms with Crippen molar-refractivity contribution in [3.63, 3.8) is 0 Å². The van der Waals surface area contributed by atoms with Gasteiger partial charge in [0.15, 0.2) is 0 Å². The van der Waals surface area contributed by atoms with Gasteiger partial charge in [-0.25, -0.2) is 4.98 Å². The van der Waals surface area contributed by atoms with Gasteiger partial charge < -0.3 is 15.2 Å². The average molecular weight is 345 g/mol. The highest BCUT2D eigenvalue weighted by Crippen LogP contribution is 2.25. The van der Waals surface area contributed by atoms with Crippen LogP contribution < -0.4 is 10.9 Å². The van der Waals surface area contributed by atoms with Gasteiger partial charge in [0.1, 0.15) is 11.2 Å². The summed E-state index contributed by atoms with van der Waals surface area (Å²) in [5.41, 5.74) is -0.113. The Balaban J connectivity index is 1.93. The molecule has 3 rings (SSSR count). The lowest BCUT2D eigenvalue weighted by molar-refractivity contribution is -0.139. The van der Waals surface area contributed by atoms with Crippen LogP contribution in [0.2, 0.25) is 0 Å². The van der Waals surface area contributed by atoms with Crippen molar-refractivity contribution in [3.8, 4) is 0 Å². The van der Waals surface area contributed by atoms with E-state index in [2.05, 4.69) is 10.3 Å². The Hall–Kier alpha value is -2.74. The third kappa shape index (κ3) is 3.53. The van der Waals surface area contributed by atoms with E-state index in [1.807, 2.05) is 6.92 Å². The molecule has 8 heteroatoms. The molecule has 2 aromatic heterocycles. The van der Waals surface area contributed by atoms with Gasteiger partial charge >= 0.3 is 5.97 Å². The van der Waals surface area contributed by atoms with Gasteiger partial charge in [0, 0.05) is 25.6 Å². The molecule has 1 amide bonds. The Labute approximate surface area is 143 Å². The summed E-state index contributed by atoms with van der Waals surface area (Å²) in [7, 11) is 0. The molecule has 0 spiro atoms. The fourth-order valence-electron chi connectivity index (χ4n) is 3.04. The van der Waals surface area contributed by atoms with Crippen molar-refractivity contribution in [2.75, 3.05) is 13.2 Å². The molecular formula is C17H19N3O5. The molecule has 1 fully saturated rings. The van der Waals surface area contributed by atoms with Gasteiger partial charge in [-0.15, -0.1) is 0 Å². The van der Waals surface area contributed by atoms with Crippen molar-refractivity contribution >= 4 is 17.5 Å². The number of hydrogen-bond acceptors (Lipinski definition) is 5. The largest absolute Gasteiger partial charge is 0.481 e. The summed E-state index contributed by atoms with van der Waals surface area (Å²) in [5, 5.41) is 11.9. The molecule has 0 unspecified atom stereocenters. The first kappa shape index (κ1) is 17.1. The Morgan fingerprint density at radius 3 is 2.80 bits per heavy atom. The lowest BCUT2D eigenvalue weighted by atomic mass is 9.86. The molecule has 2 aromatic rings. The number of carboxylic acids is 1. The minimum atomic E-state index is -1.01. The number of nitrogens with one attached hydrogen (secondary N) is 1. The van der Waals surface area contributed by atoms with E-state index in [1.165, 1.54) is 10.6 Å². The number of nitrogens with zero attached hydrogens (tertiary/aromatic N) is 2. The fourth-order valence-corrected chi connectivity index (χ4v) is 3.04. The number of carboxylic acid groups (broad SMARTS) is 1. The van der Waals surface area contributed by atoms with Gasteiger partial charge in [-0.3, -0.25) is 18.8 Å². The molecule has 1 saturated heterocycles. The van der Waals surface area contributed by atoms with Crippen molar-refractivity contribution < 1.29 is 19.4 Å². The molecule has 0 aromatic carbocycles. The van der Waals surface area contributed by atoms with Gasteiger partial charge in [0.2, 0.25) is 0 Å². The van der Waals surface area contributed by atoms with Crippen LogP contribution in [0.3, 0.4) is 0 Å². The van der Waals surface area contributed by atoms with E-state index in [9.17, 15) is 14.4 Å². The van der Waals surface area contributed by atoms with Crippen molar-refractivity contribution in [3.05, 3.63) is 46.0 Å². The van der Waals surface area contributed by atoms with Crippen molar-refractivity contribution in [2.24, 2.45) is 0 Å². The van der Waals surface area contributed by atoms with Crippen LogP contribution in [-0.4, -0.2) is 45.1 Å². The normalized spacial score (nSPS) is 16.5.